The van der Waals surface area contributed by atoms with E-state index in [-0.39, 0.29) is 17.5 Å². The largest absolute Gasteiger partial charge is 0.371 e. The molecule has 2 fully saturated rings. The number of hydrogen-bond acceptors (Lipinski definition) is 5. The van der Waals surface area contributed by atoms with Crippen LogP contribution in [0.3, 0.4) is 0 Å². The molecule has 2 saturated heterocycles. The second kappa shape index (κ2) is 8.75. The van der Waals surface area contributed by atoms with Crippen LogP contribution in [-0.4, -0.2) is 47.3 Å². The molecule has 8 heteroatoms. The third-order valence-corrected chi connectivity index (χ3v) is 6.04. The van der Waals surface area contributed by atoms with Gasteiger partial charge < -0.3 is 15.1 Å². The minimum atomic E-state index is -0.557. The molecule has 0 spiro atoms. The zero-order valence-corrected chi connectivity index (χ0v) is 17.5. The van der Waals surface area contributed by atoms with E-state index in [4.69, 9.17) is 0 Å². The summed E-state index contributed by atoms with van der Waals surface area (Å²) in [6.45, 7) is 4.14. The van der Waals surface area contributed by atoms with E-state index in [0.717, 1.165) is 30.9 Å². The maximum Gasteiger partial charge on any atom is 0.272 e. The van der Waals surface area contributed by atoms with E-state index in [9.17, 15) is 19.7 Å². The first-order valence-corrected chi connectivity index (χ1v) is 10.7. The van der Waals surface area contributed by atoms with E-state index >= 15 is 0 Å². The first kappa shape index (κ1) is 20.8. The number of carbonyl (C=O) groups excluding carboxylic acids is 2. The summed E-state index contributed by atoms with van der Waals surface area (Å²) in [4.78, 5) is 40.5. The lowest BCUT2D eigenvalue weighted by atomic mass is 10.1. The van der Waals surface area contributed by atoms with Crippen LogP contribution in [0.1, 0.15) is 41.6 Å². The smallest absolute Gasteiger partial charge is 0.272 e. The van der Waals surface area contributed by atoms with Crippen molar-refractivity contribution in [2.75, 3.05) is 29.9 Å². The Kier molecular flexibility index (Phi) is 5.88. The Morgan fingerprint density at radius 2 is 1.84 bits per heavy atom. The van der Waals surface area contributed by atoms with Crippen molar-refractivity contribution in [1.82, 2.24) is 4.90 Å². The lowest BCUT2D eigenvalue weighted by molar-refractivity contribution is -0.385. The molecule has 1 N–H and O–H groups in total. The average molecular weight is 422 g/mol. The van der Waals surface area contributed by atoms with E-state index in [1.54, 1.807) is 11.8 Å². The number of aryl methyl sites for hydroxylation is 1. The fourth-order valence-electron chi connectivity index (χ4n) is 4.42. The van der Waals surface area contributed by atoms with Crippen LogP contribution >= 0.6 is 0 Å². The van der Waals surface area contributed by atoms with Crippen molar-refractivity contribution >= 4 is 28.9 Å². The molecule has 2 aliphatic heterocycles. The number of nitrogens with one attached hydrogen (secondary N) is 1. The number of benzene rings is 2. The number of hydrogen-bond donors (Lipinski definition) is 1. The van der Waals surface area contributed by atoms with Crippen molar-refractivity contribution in [2.24, 2.45) is 0 Å². The van der Waals surface area contributed by atoms with Crippen LogP contribution in [0.15, 0.2) is 42.5 Å². The highest BCUT2D eigenvalue weighted by Crippen LogP contribution is 2.26. The molecule has 162 valence electrons. The minimum Gasteiger partial charge on any atom is -0.371 e. The van der Waals surface area contributed by atoms with Gasteiger partial charge in [-0.1, -0.05) is 6.07 Å². The summed E-state index contributed by atoms with van der Waals surface area (Å²) >= 11 is 0. The molecule has 4 rings (SSSR count). The standard InChI is InChI=1S/C23H26N4O4/c1-16-14-17(9-10-20(16)27(30)31)23(29)26-13-5-8-21(26)22(28)24-18-6-4-7-19(15-18)25-11-2-3-12-25/h4,6-7,9-10,14-15,21H,2-3,5,8,11-13H2,1H3,(H,24,28). The van der Waals surface area contributed by atoms with Gasteiger partial charge in [0.1, 0.15) is 6.04 Å². The maximum atomic E-state index is 13.0. The van der Waals surface area contributed by atoms with E-state index in [1.807, 2.05) is 24.3 Å². The van der Waals surface area contributed by atoms with Gasteiger partial charge in [0.15, 0.2) is 0 Å². The Morgan fingerprint density at radius 3 is 2.55 bits per heavy atom. The predicted octanol–water partition coefficient (Wildman–Crippen LogP) is 3.75. The summed E-state index contributed by atoms with van der Waals surface area (Å²) in [6.07, 6.45) is 3.69. The molecular weight excluding hydrogens is 396 g/mol. The molecule has 31 heavy (non-hydrogen) atoms. The molecular formula is C23H26N4O4. The topological polar surface area (TPSA) is 95.8 Å². The van der Waals surface area contributed by atoms with Crippen LogP contribution in [-0.2, 0) is 4.79 Å². The Labute approximate surface area is 181 Å². The van der Waals surface area contributed by atoms with Crippen LogP contribution in [0.5, 0.6) is 0 Å². The summed E-state index contributed by atoms with van der Waals surface area (Å²) in [5.74, 6) is -0.482. The number of amides is 2. The van der Waals surface area contributed by atoms with Crippen LogP contribution < -0.4 is 10.2 Å². The average Bonchev–Trinajstić information content (AvgIpc) is 3.45. The van der Waals surface area contributed by atoms with Gasteiger partial charge in [0.25, 0.3) is 11.6 Å². The second-order valence-electron chi connectivity index (χ2n) is 8.15. The molecule has 0 aliphatic carbocycles. The highest BCUT2D eigenvalue weighted by Gasteiger charge is 2.35. The fraction of sp³-hybridized carbons (Fsp3) is 0.391. The van der Waals surface area contributed by atoms with Crippen molar-refractivity contribution in [2.45, 2.75) is 38.6 Å². The molecule has 2 amide bonds. The van der Waals surface area contributed by atoms with Gasteiger partial charge in [0.05, 0.1) is 4.92 Å². The Balaban J connectivity index is 1.47. The molecule has 2 aliphatic rings. The van der Waals surface area contributed by atoms with Gasteiger partial charge >= 0.3 is 0 Å². The third-order valence-electron chi connectivity index (χ3n) is 6.04. The lowest BCUT2D eigenvalue weighted by Crippen LogP contribution is -2.43. The number of nitrogens with zero attached hydrogens (tertiary/aromatic N) is 3. The normalized spacial score (nSPS) is 18.3. The summed E-state index contributed by atoms with van der Waals surface area (Å²) in [7, 11) is 0. The number of nitro benzene ring substituents is 1. The van der Waals surface area contributed by atoms with E-state index < -0.39 is 11.0 Å². The van der Waals surface area contributed by atoms with Gasteiger partial charge in [0, 0.05) is 48.2 Å². The van der Waals surface area contributed by atoms with Crippen LogP contribution in [0.4, 0.5) is 17.1 Å². The first-order valence-electron chi connectivity index (χ1n) is 10.7. The van der Waals surface area contributed by atoms with E-state index in [1.165, 1.54) is 31.0 Å². The molecule has 1 unspecified atom stereocenters. The fourth-order valence-corrected chi connectivity index (χ4v) is 4.42. The summed E-state index contributed by atoms with van der Waals surface area (Å²) in [5.41, 5.74) is 2.58. The van der Waals surface area contributed by atoms with Crippen LogP contribution in [0.25, 0.3) is 0 Å². The third kappa shape index (κ3) is 4.38. The lowest BCUT2D eigenvalue weighted by Gasteiger charge is -2.24. The Morgan fingerprint density at radius 1 is 1.06 bits per heavy atom. The quantitative estimate of drug-likeness (QED) is 0.585. The molecule has 2 aromatic carbocycles. The van der Waals surface area contributed by atoms with Crippen molar-refractivity contribution in [3.63, 3.8) is 0 Å². The monoisotopic (exact) mass is 422 g/mol. The zero-order valence-electron chi connectivity index (χ0n) is 17.5. The minimum absolute atomic E-state index is 0.0230. The predicted molar refractivity (Wildman–Crippen MR) is 118 cm³/mol. The van der Waals surface area contributed by atoms with Crippen molar-refractivity contribution in [3.05, 3.63) is 63.7 Å². The van der Waals surface area contributed by atoms with Crippen molar-refractivity contribution < 1.29 is 14.5 Å². The molecule has 0 saturated carbocycles. The molecule has 1 atom stereocenters. The van der Waals surface area contributed by atoms with Gasteiger partial charge in [0.2, 0.25) is 5.91 Å². The van der Waals surface area contributed by atoms with Gasteiger partial charge in [-0.3, -0.25) is 19.7 Å². The molecule has 0 radical (unpaired) electrons. The number of likely N-dealkylation sites (tertiary alicyclic amines) is 1. The molecule has 2 heterocycles. The second-order valence-corrected chi connectivity index (χ2v) is 8.15. The summed E-state index contributed by atoms with van der Waals surface area (Å²) < 4.78 is 0. The number of nitro groups is 1. The van der Waals surface area contributed by atoms with E-state index in [2.05, 4.69) is 10.2 Å². The van der Waals surface area contributed by atoms with Crippen LogP contribution in [0.2, 0.25) is 0 Å². The summed E-state index contributed by atoms with van der Waals surface area (Å²) in [6, 6.07) is 11.6. The summed E-state index contributed by atoms with van der Waals surface area (Å²) in [5, 5.41) is 14.0. The number of anilines is 2. The highest BCUT2D eigenvalue weighted by atomic mass is 16.6. The first-order chi connectivity index (χ1) is 14.9. The zero-order chi connectivity index (χ0) is 22.0. The highest BCUT2D eigenvalue weighted by molar-refractivity contribution is 6.02. The molecule has 0 aromatic heterocycles. The number of carbonyl (C=O) groups is 2. The molecule has 8 nitrogen and oxygen atoms in total. The molecule has 0 bridgehead atoms. The van der Waals surface area contributed by atoms with Crippen molar-refractivity contribution in [1.29, 1.82) is 0 Å². The Bertz CT molecular complexity index is 1020. The van der Waals surface area contributed by atoms with Gasteiger partial charge in [-0.2, -0.15) is 0 Å². The van der Waals surface area contributed by atoms with Gasteiger partial charge in [-0.25, -0.2) is 0 Å². The van der Waals surface area contributed by atoms with Gasteiger partial charge in [-0.05, 0) is 62.9 Å². The Hall–Kier alpha value is -3.42. The number of rotatable bonds is 5. The molecule has 2 aromatic rings. The van der Waals surface area contributed by atoms with Gasteiger partial charge in [-0.15, -0.1) is 0 Å². The van der Waals surface area contributed by atoms with Crippen molar-refractivity contribution in [3.8, 4) is 0 Å². The van der Waals surface area contributed by atoms with E-state index in [0.29, 0.717) is 24.1 Å². The van der Waals surface area contributed by atoms with Crippen LogP contribution in [0, 0.1) is 17.0 Å². The maximum absolute atomic E-state index is 13.0. The SMILES string of the molecule is Cc1cc(C(=O)N2CCCC2C(=O)Nc2cccc(N3CCCC3)c2)ccc1[N+](=O)[O-].